The van der Waals surface area contributed by atoms with E-state index in [2.05, 4.69) is 49.4 Å². The molecule has 0 fully saturated rings. The zero-order valence-corrected chi connectivity index (χ0v) is 23.1. The highest BCUT2D eigenvalue weighted by molar-refractivity contribution is 6.28. The van der Waals surface area contributed by atoms with E-state index in [1.54, 1.807) is 27.7 Å². The molecule has 0 bridgehead atoms. The standard InChI is InChI=1S/C26H27ClN6O3.C2H6/c1-34-21-11-18(12-22(35-2)24(21)36-3)33-15-23(28-16-33)30-25-19-9-10-32(13-17-7-5-4-6-8-17)14-20(19)29-26(27)31-25;1-2/h4-8,11-12,15-16H,9-10,13-14H2,1-3H3,(H,29,30,31);1-2H3. The van der Waals surface area contributed by atoms with Gasteiger partial charge in [-0.3, -0.25) is 4.90 Å². The molecule has 9 nitrogen and oxygen atoms in total. The third-order valence-electron chi connectivity index (χ3n) is 6.14. The molecule has 200 valence electrons. The van der Waals surface area contributed by atoms with Crippen LogP contribution < -0.4 is 19.5 Å². The Labute approximate surface area is 228 Å². The van der Waals surface area contributed by atoms with E-state index >= 15 is 0 Å². The van der Waals surface area contributed by atoms with Gasteiger partial charge in [0.2, 0.25) is 11.0 Å². The quantitative estimate of drug-likeness (QED) is 0.288. The minimum atomic E-state index is 0.210. The van der Waals surface area contributed by atoms with Gasteiger partial charge in [-0.05, 0) is 23.6 Å². The van der Waals surface area contributed by atoms with Gasteiger partial charge in [0.15, 0.2) is 11.5 Å². The minimum absolute atomic E-state index is 0.210. The maximum absolute atomic E-state index is 6.31. The van der Waals surface area contributed by atoms with E-state index in [0.29, 0.717) is 35.4 Å². The lowest BCUT2D eigenvalue weighted by Crippen LogP contribution is -2.31. The number of aromatic nitrogens is 4. The number of halogens is 1. The van der Waals surface area contributed by atoms with Crippen LogP contribution in [0.3, 0.4) is 0 Å². The summed E-state index contributed by atoms with van der Waals surface area (Å²) in [6.45, 7) is 6.48. The number of imidazole rings is 1. The molecule has 5 rings (SSSR count). The second-order valence-electron chi connectivity index (χ2n) is 8.39. The molecule has 0 spiro atoms. The van der Waals surface area contributed by atoms with Crippen LogP contribution in [0.4, 0.5) is 11.6 Å². The molecule has 1 aliphatic heterocycles. The first kappa shape index (κ1) is 27.2. The summed E-state index contributed by atoms with van der Waals surface area (Å²) in [5.74, 6) is 2.97. The SMILES string of the molecule is CC.COc1cc(-n2cnc(Nc3nc(Cl)nc4c3CCN(Cc3ccccc3)C4)c2)cc(OC)c1OC. The number of anilines is 2. The molecule has 38 heavy (non-hydrogen) atoms. The lowest BCUT2D eigenvalue weighted by atomic mass is 10.0. The predicted molar refractivity (Wildman–Crippen MR) is 149 cm³/mol. The summed E-state index contributed by atoms with van der Waals surface area (Å²) >= 11 is 6.31. The van der Waals surface area contributed by atoms with Gasteiger partial charge < -0.3 is 24.1 Å². The molecule has 0 unspecified atom stereocenters. The second-order valence-corrected chi connectivity index (χ2v) is 8.73. The maximum atomic E-state index is 6.31. The van der Waals surface area contributed by atoms with Crippen molar-refractivity contribution in [1.82, 2.24) is 24.4 Å². The molecular weight excluding hydrogens is 504 g/mol. The fourth-order valence-corrected chi connectivity index (χ4v) is 4.59. The Morgan fingerprint density at radius 3 is 2.34 bits per heavy atom. The molecule has 0 saturated heterocycles. The van der Waals surface area contributed by atoms with E-state index in [9.17, 15) is 0 Å². The molecule has 1 N–H and O–H groups in total. The topological polar surface area (TPSA) is 86.6 Å². The van der Waals surface area contributed by atoms with Crippen molar-refractivity contribution in [1.29, 1.82) is 0 Å². The highest BCUT2D eigenvalue weighted by Gasteiger charge is 2.23. The smallest absolute Gasteiger partial charge is 0.224 e. The third kappa shape index (κ3) is 6.00. The number of nitrogens with one attached hydrogen (secondary N) is 1. The molecule has 2 aromatic heterocycles. The van der Waals surface area contributed by atoms with Crippen molar-refractivity contribution in [3.63, 3.8) is 0 Å². The fraction of sp³-hybridized carbons (Fsp3) is 0.321. The first-order valence-electron chi connectivity index (χ1n) is 12.5. The van der Waals surface area contributed by atoms with Crippen molar-refractivity contribution < 1.29 is 14.2 Å². The molecule has 0 aliphatic carbocycles. The van der Waals surface area contributed by atoms with Crippen molar-refractivity contribution in [2.75, 3.05) is 33.2 Å². The summed E-state index contributed by atoms with van der Waals surface area (Å²) < 4.78 is 18.2. The normalized spacial score (nSPS) is 12.7. The number of rotatable bonds is 8. The molecule has 2 aromatic carbocycles. The zero-order chi connectivity index (χ0) is 27.1. The Kier molecular flexibility index (Phi) is 9.04. The summed E-state index contributed by atoms with van der Waals surface area (Å²) in [6.07, 6.45) is 4.39. The van der Waals surface area contributed by atoms with Crippen molar-refractivity contribution >= 4 is 23.2 Å². The van der Waals surface area contributed by atoms with E-state index < -0.39 is 0 Å². The van der Waals surface area contributed by atoms with Gasteiger partial charge >= 0.3 is 0 Å². The molecule has 10 heteroatoms. The van der Waals surface area contributed by atoms with Crippen LogP contribution in [-0.4, -0.2) is 52.3 Å². The summed E-state index contributed by atoms with van der Waals surface area (Å²) in [5.41, 5.74) is 4.08. The molecule has 0 radical (unpaired) electrons. The van der Waals surface area contributed by atoms with E-state index in [4.69, 9.17) is 25.8 Å². The van der Waals surface area contributed by atoms with Gasteiger partial charge in [0.1, 0.15) is 18.0 Å². The highest BCUT2D eigenvalue weighted by atomic mass is 35.5. The Hall–Kier alpha value is -3.82. The summed E-state index contributed by atoms with van der Waals surface area (Å²) in [6, 6.07) is 14.1. The molecule has 1 aliphatic rings. The summed E-state index contributed by atoms with van der Waals surface area (Å²) in [5, 5.41) is 3.54. The number of methoxy groups -OCH3 is 3. The van der Waals surface area contributed by atoms with Gasteiger partial charge in [-0.1, -0.05) is 44.2 Å². The van der Waals surface area contributed by atoms with E-state index in [0.717, 1.165) is 36.5 Å². The number of nitrogens with zero attached hydrogens (tertiary/aromatic N) is 5. The van der Waals surface area contributed by atoms with Crippen molar-refractivity contribution in [2.24, 2.45) is 0 Å². The zero-order valence-electron chi connectivity index (χ0n) is 22.4. The summed E-state index contributed by atoms with van der Waals surface area (Å²) in [7, 11) is 4.75. The average Bonchev–Trinajstić information content (AvgIpc) is 3.42. The first-order valence-corrected chi connectivity index (χ1v) is 12.9. The highest BCUT2D eigenvalue weighted by Crippen LogP contribution is 2.39. The van der Waals surface area contributed by atoms with Crippen LogP contribution in [0.15, 0.2) is 55.0 Å². The van der Waals surface area contributed by atoms with Gasteiger partial charge in [-0.25, -0.2) is 15.0 Å². The average molecular weight is 537 g/mol. The lowest BCUT2D eigenvalue weighted by Gasteiger charge is -2.29. The molecule has 0 atom stereocenters. The van der Waals surface area contributed by atoms with Gasteiger partial charge in [0.05, 0.1) is 38.9 Å². The van der Waals surface area contributed by atoms with Crippen LogP contribution in [-0.2, 0) is 19.5 Å². The van der Waals surface area contributed by atoms with Crippen LogP contribution in [0.1, 0.15) is 30.7 Å². The molecular formula is C28H33ClN6O3. The van der Waals surface area contributed by atoms with Crippen LogP contribution >= 0.6 is 11.6 Å². The van der Waals surface area contributed by atoms with Crippen molar-refractivity contribution in [3.05, 3.63) is 77.1 Å². The molecule has 0 amide bonds. The minimum Gasteiger partial charge on any atom is -0.493 e. The summed E-state index contributed by atoms with van der Waals surface area (Å²) in [4.78, 5) is 15.9. The van der Waals surface area contributed by atoms with E-state index in [1.165, 1.54) is 5.56 Å². The fourth-order valence-electron chi connectivity index (χ4n) is 4.40. The number of ether oxygens (including phenoxy) is 3. The van der Waals surface area contributed by atoms with E-state index in [-0.39, 0.29) is 5.28 Å². The van der Waals surface area contributed by atoms with Crippen molar-refractivity contribution in [2.45, 2.75) is 33.4 Å². The lowest BCUT2D eigenvalue weighted by molar-refractivity contribution is 0.241. The number of hydrogen-bond acceptors (Lipinski definition) is 8. The van der Waals surface area contributed by atoms with Crippen LogP contribution in [0.2, 0.25) is 5.28 Å². The Morgan fingerprint density at radius 1 is 0.974 bits per heavy atom. The van der Waals surface area contributed by atoms with Gasteiger partial charge in [0, 0.05) is 37.3 Å². The van der Waals surface area contributed by atoms with Crippen LogP contribution in [0.25, 0.3) is 5.69 Å². The Morgan fingerprint density at radius 2 is 1.68 bits per heavy atom. The predicted octanol–water partition coefficient (Wildman–Crippen LogP) is 5.67. The van der Waals surface area contributed by atoms with Gasteiger partial charge in [0.25, 0.3) is 0 Å². The van der Waals surface area contributed by atoms with Gasteiger partial charge in [-0.15, -0.1) is 0 Å². The third-order valence-corrected chi connectivity index (χ3v) is 6.31. The number of hydrogen-bond donors (Lipinski definition) is 1. The molecule has 0 saturated carbocycles. The number of benzene rings is 2. The maximum Gasteiger partial charge on any atom is 0.224 e. The monoisotopic (exact) mass is 536 g/mol. The Balaban J connectivity index is 0.00000164. The Bertz CT molecular complexity index is 1340. The number of fused-ring (bicyclic) bond motifs is 1. The molecule has 3 heterocycles. The van der Waals surface area contributed by atoms with Gasteiger partial charge in [-0.2, -0.15) is 0 Å². The van der Waals surface area contributed by atoms with Crippen molar-refractivity contribution in [3.8, 4) is 22.9 Å². The molecule has 4 aromatic rings. The second kappa shape index (κ2) is 12.6. The van der Waals surface area contributed by atoms with Crippen LogP contribution in [0.5, 0.6) is 17.2 Å². The van der Waals surface area contributed by atoms with Crippen LogP contribution in [0, 0.1) is 0 Å². The first-order chi connectivity index (χ1) is 18.6. The largest absolute Gasteiger partial charge is 0.493 e. The van der Waals surface area contributed by atoms with E-state index in [1.807, 2.05) is 42.8 Å².